The lowest BCUT2D eigenvalue weighted by Gasteiger charge is -2.04. The Hall–Kier alpha value is -2.60. The maximum atomic E-state index is 11.7. The molecule has 114 valence electrons. The van der Waals surface area contributed by atoms with Crippen molar-refractivity contribution in [2.24, 2.45) is 0 Å². The van der Waals surface area contributed by atoms with Crippen LogP contribution < -0.4 is 5.32 Å². The van der Waals surface area contributed by atoms with Gasteiger partial charge < -0.3 is 4.42 Å². The van der Waals surface area contributed by atoms with Gasteiger partial charge in [0.2, 0.25) is 11.8 Å². The highest BCUT2D eigenvalue weighted by Crippen LogP contribution is 2.27. The largest absolute Gasteiger partial charge is 0.436 e. The third-order valence-corrected chi connectivity index (χ3v) is 4.64. The van der Waals surface area contributed by atoms with Crippen LogP contribution in [0.3, 0.4) is 0 Å². The van der Waals surface area contributed by atoms with Gasteiger partial charge in [-0.3, -0.25) is 14.9 Å². The SMILES string of the molecule is O=C1NC(=O)C(Cc2ccc3oc(-c4ccccc4)nc3c2)S1. The highest BCUT2D eigenvalue weighted by Gasteiger charge is 2.31. The summed E-state index contributed by atoms with van der Waals surface area (Å²) < 4.78 is 5.77. The lowest BCUT2D eigenvalue weighted by molar-refractivity contribution is -0.118. The Bertz CT molecular complexity index is 905. The van der Waals surface area contributed by atoms with Crippen molar-refractivity contribution in [3.8, 4) is 11.5 Å². The zero-order chi connectivity index (χ0) is 15.8. The molecule has 1 N–H and O–H groups in total. The smallest absolute Gasteiger partial charge is 0.286 e. The van der Waals surface area contributed by atoms with Crippen LogP contribution in [0, 0.1) is 0 Å². The van der Waals surface area contributed by atoms with E-state index in [1.165, 1.54) is 0 Å². The first-order valence-corrected chi connectivity index (χ1v) is 8.03. The Labute approximate surface area is 136 Å². The minimum absolute atomic E-state index is 0.231. The van der Waals surface area contributed by atoms with Gasteiger partial charge in [0.15, 0.2) is 5.58 Å². The summed E-state index contributed by atoms with van der Waals surface area (Å²) in [5.41, 5.74) is 3.32. The molecule has 1 aliphatic rings. The maximum absolute atomic E-state index is 11.7. The second-order valence-corrected chi connectivity index (χ2v) is 6.45. The van der Waals surface area contributed by atoms with Gasteiger partial charge in [-0.15, -0.1) is 0 Å². The number of rotatable bonds is 3. The third-order valence-electron chi connectivity index (χ3n) is 3.66. The Balaban J connectivity index is 1.63. The van der Waals surface area contributed by atoms with Crippen molar-refractivity contribution in [3.63, 3.8) is 0 Å². The molecule has 1 unspecified atom stereocenters. The molecule has 1 fully saturated rings. The first kappa shape index (κ1) is 14.0. The van der Waals surface area contributed by atoms with Crippen LogP contribution in [0.1, 0.15) is 5.56 Å². The fraction of sp³-hybridized carbons (Fsp3) is 0.118. The molecule has 2 aromatic carbocycles. The normalized spacial score (nSPS) is 17.7. The van der Waals surface area contributed by atoms with Crippen molar-refractivity contribution in [2.75, 3.05) is 0 Å². The highest BCUT2D eigenvalue weighted by molar-refractivity contribution is 8.15. The summed E-state index contributed by atoms with van der Waals surface area (Å²) in [4.78, 5) is 27.4. The molecule has 3 aromatic rings. The molecule has 0 spiro atoms. The summed E-state index contributed by atoms with van der Waals surface area (Å²) in [6.45, 7) is 0. The van der Waals surface area contributed by atoms with Crippen LogP contribution in [-0.4, -0.2) is 21.4 Å². The zero-order valence-corrected chi connectivity index (χ0v) is 12.8. The molecule has 0 aliphatic carbocycles. The Morgan fingerprint density at radius 1 is 1.13 bits per heavy atom. The molecule has 1 aromatic heterocycles. The summed E-state index contributed by atoms with van der Waals surface area (Å²) in [7, 11) is 0. The van der Waals surface area contributed by atoms with E-state index in [1.54, 1.807) is 0 Å². The topological polar surface area (TPSA) is 72.2 Å². The predicted octanol–water partition coefficient (Wildman–Crippen LogP) is 3.39. The minimum atomic E-state index is -0.375. The number of fused-ring (bicyclic) bond motifs is 1. The van der Waals surface area contributed by atoms with Crippen molar-refractivity contribution in [1.82, 2.24) is 10.3 Å². The summed E-state index contributed by atoms with van der Waals surface area (Å²) in [6, 6.07) is 15.3. The number of benzene rings is 2. The second kappa shape index (κ2) is 5.55. The van der Waals surface area contributed by atoms with Gasteiger partial charge in [-0.2, -0.15) is 0 Å². The van der Waals surface area contributed by atoms with E-state index in [9.17, 15) is 9.59 Å². The van der Waals surface area contributed by atoms with Gasteiger partial charge in [0.1, 0.15) is 5.52 Å². The van der Waals surface area contributed by atoms with Gasteiger partial charge in [0.25, 0.3) is 5.24 Å². The number of nitrogens with one attached hydrogen (secondary N) is 1. The molecule has 6 heteroatoms. The molecule has 23 heavy (non-hydrogen) atoms. The molecule has 1 atom stereocenters. The van der Waals surface area contributed by atoms with Crippen molar-refractivity contribution in [1.29, 1.82) is 0 Å². The van der Waals surface area contributed by atoms with Gasteiger partial charge in [-0.1, -0.05) is 36.0 Å². The van der Waals surface area contributed by atoms with Gasteiger partial charge in [0, 0.05) is 5.56 Å². The van der Waals surface area contributed by atoms with E-state index in [0.717, 1.165) is 28.4 Å². The third kappa shape index (κ3) is 2.73. The summed E-state index contributed by atoms with van der Waals surface area (Å²) in [5.74, 6) is 0.339. The van der Waals surface area contributed by atoms with Crippen LogP contribution in [0.25, 0.3) is 22.6 Å². The van der Waals surface area contributed by atoms with E-state index < -0.39 is 0 Å². The predicted molar refractivity (Wildman–Crippen MR) is 88.1 cm³/mol. The van der Waals surface area contributed by atoms with Crippen LogP contribution in [0.4, 0.5) is 4.79 Å². The standard InChI is InChI=1S/C17H12N2O3S/c20-15-14(23-17(21)19-15)9-10-6-7-13-12(8-10)18-16(22-13)11-4-2-1-3-5-11/h1-8,14H,9H2,(H,19,20,21). The minimum Gasteiger partial charge on any atom is -0.436 e. The van der Waals surface area contributed by atoms with Crippen LogP contribution in [0.2, 0.25) is 0 Å². The molecule has 0 radical (unpaired) electrons. The lowest BCUT2D eigenvalue weighted by atomic mass is 10.1. The van der Waals surface area contributed by atoms with Gasteiger partial charge in [0.05, 0.1) is 5.25 Å². The van der Waals surface area contributed by atoms with Crippen LogP contribution in [0.15, 0.2) is 52.9 Å². The number of carbonyl (C=O) groups is 2. The summed E-state index contributed by atoms with van der Waals surface area (Å²) in [5, 5.41) is 1.64. The van der Waals surface area contributed by atoms with Crippen molar-refractivity contribution >= 4 is 34.0 Å². The lowest BCUT2D eigenvalue weighted by Crippen LogP contribution is -2.25. The number of amides is 2. The first-order valence-electron chi connectivity index (χ1n) is 7.15. The number of nitrogens with zero attached hydrogens (tertiary/aromatic N) is 1. The van der Waals surface area contributed by atoms with Gasteiger partial charge in [-0.05, 0) is 36.2 Å². The number of hydrogen-bond donors (Lipinski definition) is 1. The van der Waals surface area contributed by atoms with Crippen LogP contribution in [-0.2, 0) is 11.2 Å². The summed E-state index contributed by atoms with van der Waals surface area (Å²) >= 11 is 1.03. The fourth-order valence-corrected chi connectivity index (χ4v) is 3.41. The number of hydrogen-bond acceptors (Lipinski definition) is 5. The van der Waals surface area contributed by atoms with E-state index in [2.05, 4.69) is 10.3 Å². The quantitative estimate of drug-likeness (QED) is 0.799. The molecule has 5 nitrogen and oxygen atoms in total. The Morgan fingerprint density at radius 3 is 2.70 bits per heavy atom. The summed E-state index contributed by atoms with van der Waals surface area (Å²) in [6.07, 6.45) is 0.492. The second-order valence-electron chi connectivity index (χ2n) is 5.27. The molecule has 4 rings (SSSR count). The highest BCUT2D eigenvalue weighted by atomic mass is 32.2. The van der Waals surface area contributed by atoms with E-state index >= 15 is 0 Å². The molecule has 2 heterocycles. The average Bonchev–Trinajstić information content (AvgIpc) is 3.11. The van der Waals surface area contributed by atoms with Gasteiger partial charge >= 0.3 is 0 Å². The average molecular weight is 324 g/mol. The van der Waals surface area contributed by atoms with E-state index in [0.29, 0.717) is 17.9 Å². The number of oxazole rings is 1. The monoisotopic (exact) mass is 324 g/mol. The van der Waals surface area contributed by atoms with E-state index in [4.69, 9.17) is 4.42 Å². The van der Waals surface area contributed by atoms with Crippen LogP contribution in [0.5, 0.6) is 0 Å². The molecular weight excluding hydrogens is 312 g/mol. The van der Waals surface area contributed by atoms with E-state index in [-0.39, 0.29) is 16.4 Å². The van der Waals surface area contributed by atoms with E-state index in [1.807, 2.05) is 48.5 Å². The van der Waals surface area contributed by atoms with Gasteiger partial charge in [-0.25, -0.2) is 4.98 Å². The number of imide groups is 1. The first-order chi connectivity index (χ1) is 11.2. The van der Waals surface area contributed by atoms with Crippen molar-refractivity contribution in [2.45, 2.75) is 11.7 Å². The fourth-order valence-electron chi connectivity index (χ4n) is 2.55. The molecule has 1 saturated heterocycles. The Kier molecular flexibility index (Phi) is 3.38. The molecule has 2 amide bonds. The van der Waals surface area contributed by atoms with Crippen LogP contribution >= 0.6 is 11.8 Å². The number of thioether (sulfide) groups is 1. The number of carbonyl (C=O) groups excluding carboxylic acids is 2. The molecule has 0 saturated carbocycles. The van der Waals surface area contributed by atoms with Crippen molar-refractivity contribution < 1.29 is 14.0 Å². The van der Waals surface area contributed by atoms with Crippen molar-refractivity contribution in [3.05, 3.63) is 54.1 Å². The zero-order valence-electron chi connectivity index (χ0n) is 12.0. The maximum Gasteiger partial charge on any atom is 0.286 e. The molecular formula is C17H12N2O3S. The molecule has 1 aliphatic heterocycles. The molecule has 0 bridgehead atoms. The Morgan fingerprint density at radius 2 is 1.96 bits per heavy atom. The number of aromatic nitrogens is 1.